The molecular weight excluding hydrogens is 797 g/mol. The maximum Gasteiger partial charge on any atom is 0.0468 e. The fourth-order valence-electron chi connectivity index (χ4n) is 9.88. The summed E-state index contributed by atoms with van der Waals surface area (Å²) >= 11 is 0. The lowest BCUT2D eigenvalue weighted by atomic mass is 9.85. The number of anilines is 6. The molecule has 0 saturated carbocycles. The van der Waals surface area contributed by atoms with E-state index in [1.807, 2.05) is 0 Å². The second-order valence-electron chi connectivity index (χ2n) is 20.5. The zero-order chi connectivity index (χ0) is 46.0. The van der Waals surface area contributed by atoms with Crippen molar-refractivity contribution in [2.24, 2.45) is 10.8 Å². The highest BCUT2D eigenvalue weighted by Crippen LogP contribution is 2.48. The summed E-state index contributed by atoms with van der Waals surface area (Å²) in [4.78, 5) is 4.93. The molecule has 0 bridgehead atoms. The molecule has 0 spiro atoms. The molecule has 9 aromatic carbocycles. The van der Waals surface area contributed by atoms with Gasteiger partial charge in [-0.15, -0.1) is 0 Å². The van der Waals surface area contributed by atoms with Crippen LogP contribution in [0.3, 0.4) is 0 Å². The van der Waals surface area contributed by atoms with Crippen molar-refractivity contribution in [2.45, 2.75) is 81.1 Å². The van der Waals surface area contributed by atoms with Crippen molar-refractivity contribution < 1.29 is 0 Å². The molecule has 66 heavy (non-hydrogen) atoms. The molecule has 0 amide bonds. The number of hydrogen-bond acceptors (Lipinski definition) is 2. The van der Waals surface area contributed by atoms with Gasteiger partial charge in [-0.3, -0.25) is 0 Å². The maximum absolute atomic E-state index is 2.46. The zero-order valence-electron chi connectivity index (χ0n) is 40.2. The van der Waals surface area contributed by atoms with E-state index >= 15 is 0 Å². The molecular formula is C64H64N2. The molecule has 0 aromatic heterocycles. The van der Waals surface area contributed by atoms with Crippen LogP contribution in [-0.2, 0) is 25.7 Å². The summed E-state index contributed by atoms with van der Waals surface area (Å²) in [5.74, 6) is 0. The smallest absolute Gasteiger partial charge is 0.0468 e. The van der Waals surface area contributed by atoms with Crippen molar-refractivity contribution >= 4 is 55.7 Å². The fraction of sp³-hybridized carbons (Fsp3) is 0.219. The van der Waals surface area contributed by atoms with Crippen molar-refractivity contribution in [1.29, 1.82) is 0 Å². The van der Waals surface area contributed by atoms with E-state index in [0.29, 0.717) is 0 Å². The summed E-state index contributed by atoms with van der Waals surface area (Å²) in [5, 5.41) is 4.90. The van der Waals surface area contributed by atoms with Crippen molar-refractivity contribution in [1.82, 2.24) is 0 Å². The van der Waals surface area contributed by atoms with Crippen LogP contribution < -0.4 is 9.80 Å². The molecule has 0 radical (unpaired) electrons. The van der Waals surface area contributed by atoms with E-state index in [-0.39, 0.29) is 10.8 Å². The van der Waals surface area contributed by atoms with E-state index < -0.39 is 0 Å². The van der Waals surface area contributed by atoms with Crippen LogP contribution in [0.25, 0.3) is 43.8 Å². The number of benzene rings is 9. The van der Waals surface area contributed by atoms with Gasteiger partial charge in [0.1, 0.15) is 0 Å². The third kappa shape index (κ3) is 9.56. The van der Waals surface area contributed by atoms with E-state index in [2.05, 4.69) is 259 Å². The summed E-state index contributed by atoms with van der Waals surface area (Å²) in [6.45, 7) is 18.4. The molecule has 2 nitrogen and oxygen atoms in total. The molecule has 9 aromatic rings. The van der Waals surface area contributed by atoms with E-state index in [0.717, 1.165) is 59.8 Å². The predicted octanol–water partition coefficient (Wildman–Crippen LogP) is 18.6. The Balaban J connectivity index is 1.34. The molecule has 2 heteroatoms. The first kappa shape index (κ1) is 44.3. The highest BCUT2D eigenvalue weighted by Gasteiger charge is 2.23. The number of nitrogens with zero attached hydrogens (tertiary/aromatic N) is 2. The van der Waals surface area contributed by atoms with Crippen molar-refractivity contribution in [2.75, 3.05) is 9.80 Å². The fourth-order valence-corrected chi connectivity index (χ4v) is 9.88. The van der Waals surface area contributed by atoms with Crippen LogP contribution in [0.5, 0.6) is 0 Å². The van der Waals surface area contributed by atoms with E-state index in [4.69, 9.17) is 0 Å². The van der Waals surface area contributed by atoms with Gasteiger partial charge in [-0.25, -0.2) is 0 Å². The van der Waals surface area contributed by atoms with Crippen molar-refractivity contribution in [3.05, 3.63) is 216 Å². The largest absolute Gasteiger partial charge is 0.310 e. The monoisotopic (exact) mass is 861 g/mol. The van der Waals surface area contributed by atoms with E-state index in [9.17, 15) is 0 Å². The molecule has 0 aliphatic heterocycles. The molecule has 0 fully saturated rings. The normalized spacial score (nSPS) is 11.9. The molecule has 0 atom stereocenters. The van der Waals surface area contributed by atoms with Crippen LogP contribution >= 0.6 is 0 Å². The first-order valence-corrected chi connectivity index (χ1v) is 24.0. The minimum Gasteiger partial charge on any atom is -0.310 e. The van der Waals surface area contributed by atoms with Crippen LogP contribution in [0.4, 0.5) is 34.1 Å². The molecule has 330 valence electrons. The third-order valence-electron chi connectivity index (χ3n) is 12.7. The van der Waals surface area contributed by atoms with Gasteiger partial charge in [-0.2, -0.15) is 0 Å². The summed E-state index contributed by atoms with van der Waals surface area (Å²) < 4.78 is 0. The van der Waals surface area contributed by atoms with E-state index in [1.165, 1.54) is 66.1 Å². The van der Waals surface area contributed by atoms with Gasteiger partial charge in [-0.1, -0.05) is 177 Å². The minimum atomic E-state index is 0.167. The Morgan fingerprint density at radius 3 is 0.955 bits per heavy atom. The lowest BCUT2D eigenvalue weighted by Crippen LogP contribution is -2.13. The van der Waals surface area contributed by atoms with Gasteiger partial charge in [0.25, 0.3) is 0 Å². The van der Waals surface area contributed by atoms with Crippen LogP contribution in [0.15, 0.2) is 194 Å². The zero-order valence-corrected chi connectivity index (χ0v) is 40.2. The summed E-state index contributed by atoms with van der Waals surface area (Å²) in [5.41, 5.74) is 17.5. The van der Waals surface area contributed by atoms with Gasteiger partial charge >= 0.3 is 0 Å². The molecule has 0 unspecified atom stereocenters. The Kier molecular flexibility index (Phi) is 12.4. The highest BCUT2D eigenvalue weighted by molar-refractivity contribution is 6.22. The van der Waals surface area contributed by atoms with Gasteiger partial charge < -0.3 is 9.80 Å². The molecule has 0 aliphatic carbocycles. The quantitative estimate of drug-likeness (QED) is 0.113. The molecule has 0 N–H and O–H groups in total. The second-order valence-corrected chi connectivity index (χ2v) is 20.5. The Labute approximate surface area is 394 Å². The van der Waals surface area contributed by atoms with Crippen LogP contribution in [-0.4, -0.2) is 0 Å². The van der Waals surface area contributed by atoms with Crippen LogP contribution in [0.2, 0.25) is 0 Å². The number of fused-ring (bicyclic) bond motifs is 2. The Morgan fingerprint density at radius 1 is 0.303 bits per heavy atom. The van der Waals surface area contributed by atoms with Crippen LogP contribution in [0, 0.1) is 10.8 Å². The van der Waals surface area contributed by atoms with Crippen molar-refractivity contribution in [3.8, 4) is 22.3 Å². The molecule has 0 aliphatic rings. The second kappa shape index (κ2) is 18.5. The highest BCUT2D eigenvalue weighted by atomic mass is 15.1. The first-order chi connectivity index (χ1) is 31.9. The van der Waals surface area contributed by atoms with Gasteiger partial charge in [0.05, 0.1) is 0 Å². The molecule has 0 saturated heterocycles. The summed E-state index contributed by atoms with van der Waals surface area (Å²) in [6, 6.07) is 72.9. The predicted molar refractivity (Wildman–Crippen MR) is 287 cm³/mol. The lowest BCUT2D eigenvalue weighted by molar-refractivity contribution is 0.411. The number of hydrogen-bond donors (Lipinski definition) is 0. The average molecular weight is 861 g/mol. The summed E-state index contributed by atoms with van der Waals surface area (Å²) in [6.07, 6.45) is 3.94. The maximum atomic E-state index is 2.46. The van der Waals surface area contributed by atoms with Crippen molar-refractivity contribution in [3.63, 3.8) is 0 Å². The van der Waals surface area contributed by atoms with Gasteiger partial charge in [-0.05, 0) is 175 Å². The number of aryl methyl sites for hydroxylation is 2. The minimum absolute atomic E-state index is 0.167. The molecule has 9 rings (SSSR count). The topological polar surface area (TPSA) is 6.48 Å². The SMILES string of the molecule is CCc1cccc(N(c2cccc(CC(C)(C)C)c2)c2ccc3c(-c4ccccc4)c4cc(N(c5cccc(CC)c5)c5cccc(CC(C)(C)C)c5)ccc4c(-c4ccccc4)c3c2)c1. The average Bonchev–Trinajstić information content (AvgIpc) is 3.31. The standard InChI is InChI=1S/C64H64N2/c1-9-45-21-17-29-51(37-45)65(53-31-19-23-47(39-53)43-63(3,4)5)55-33-35-57-59(41-55)61(49-25-13-11-14-26-49)58-36-34-56(42-60(58)62(57)50-27-15-12-16-28-50)66(52-30-18-22-46(10-2)38-52)54-32-20-24-48(40-54)44-64(6,7)8/h11-42H,9-10,43-44H2,1-8H3. The molecule has 0 heterocycles. The third-order valence-corrected chi connectivity index (χ3v) is 12.7. The van der Waals surface area contributed by atoms with Gasteiger partial charge in [0, 0.05) is 34.1 Å². The first-order valence-electron chi connectivity index (χ1n) is 24.0. The number of rotatable bonds is 12. The Hall–Kier alpha value is -6.90. The lowest BCUT2D eigenvalue weighted by Gasteiger charge is -2.29. The summed E-state index contributed by atoms with van der Waals surface area (Å²) in [7, 11) is 0. The van der Waals surface area contributed by atoms with Gasteiger partial charge in [0.15, 0.2) is 0 Å². The Morgan fingerprint density at radius 2 is 0.621 bits per heavy atom. The van der Waals surface area contributed by atoms with Crippen LogP contribution in [0.1, 0.15) is 77.6 Å². The van der Waals surface area contributed by atoms with E-state index in [1.54, 1.807) is 0 Å². The Bertz CT molecular complexity index is 2920. The van der Waals surface area contributed by atoms with Gasteiger partial charge in [0.2, 0.25) is 0 Å².